The highest BCUT2D eigenvalue weighted by Gasteiger charge is 1.99. The molecule has 0 fully saturated rings. The summed E-state index contributed by atoms with van der Waals surface area (Å²) < 4.78 is 14.9. The summed E-state index contributed by atoms with van der Waals surface area (Å²) >= 11 is 0. The summed E-state index contributed by atoms with van der Waals surface area (Å²) in [4.78, 5) is 0. The topological polar surface area (TPSA) is 17.8 Å². The number of allylic oxidation sites excluding steroid dienone is 1. The van der Waals surface area contributed by atoms with Crippen LogP contribution in [0, 0.1) is 0 Å². The van der Waals surface area contributed by atoms with Crippen molar-refractivity contribution in [2.75, 3.05) is 0 Å². The van der Waals surface area contributed by atoms with Crippen LogP contribution in [-0.2, 0) is 0 Å². The van der Waals surface area contributed by atoms with Gasteiger partial charge in [-0.3, -0.25) is 0 Å². The Morgan fingerprint density at radius 1 is 1.33 bits per heavy atom. The highest BCUT2D eigenvalue weighted by molar-refractivity contribution is 5.59. The third-order valence-electron chi connectivity index (χ3n) is 2.17. The van der Waals surface area contributed by atoms with Crippen molar-refractivity contribution in [3.05, 3.63) is 54.4 Å². The Balaban J connectivity index is 2.33. The number of hydrogen-bond donors (Lipinski definition) is 0. The fourth-order valence-electron chi connectivity index (χ4n) is 1.36. The lowest BCUT2D eigenvalue weighted by Gasteiger charge is -2.02. The molecular formula is C12H11FN2. The largest absolute Gasteiger partial charge is 0.241 e. The number of halogens is 1. The van der Waals surface area contributed by atoms with Gasteiger partial charge >= 0.3 is 0 Å². The molecular weight excluding hydrogens is 191 g/mol. The highest BCUT2D eigenvalue weighted by Crippen LogP contribution is 2.17. The normalized spacial score (nSPS) is 11.7. The van der Waals surface area contributed by atoms with E-state index in [0.717, 1.165) is 5.69 Å². The molecule has 0 N–H and O–H groups in total. The molecule has 0 saturated heterocycles. The quantitative estimate of drug-likeness (QED) is 0.731. The molecule has 0 saturated carbocycles. The van der Waals surface area contributed by atoms with Crippen LogP contribution < -0.4 is 0 Å². The predicted molar refractivity (Wildman–Crippen MR) is 58.3 cm³/mol. The van der Waals surface area contributed by atoms with Gasteiger partial charge in [-0.2, -0.15) is 5.10 Å². The first-order valence-corrected chi connectivity index (χ1v) is 4.73. The first kappa shape index (κ1) is 9.65. The smallest absolute Gasteiger partial charge is 0.126 e. The maximum Gasteiger partial charge on any atom is 0.126 e. The fraction of sp³-hybridized carbons (Fsp3) is 0.0833. The number of nitrogens with zero attached hydrogens (tertiary/aromatic N) is 2. The number of aromatic nitrogens is 2. The van der Waals surface area contributed by atoms with Crippen molar-refractivity contribution in [2.24, 2.45) is 0 Å². The average molecular weight is 202 g/mol. The first-order valence-electron chi connectivity index (χ1n) is 4.73. The molecule has 1 aromatic heterocycles. The van der Waals surface area contributed by atoms with E-state index in [1.807, 2.05) is 24.4 Å². The van der Waals surface area contributed by atoms with Gasteiger partial charge < -0.3 is 0 Å². The lowest BCUT2D eigenvalue weighted by Crippen LogP contribution is -1.93. The molecule has 1 heterocycles. The summed E-state index contributed by atoms with van der Waals surface area (Å²) in [5.41, 5.74) is 1.51. The SMILES string of the molecule is C/C=C(\F)c1ccc(-n2cccn2)cc1. The third kappa shape index (κ3) is 1.96. The van der Waals surface area contributed by atoms with Crippen molar-refractivity contribution in [3.8, 4) is 5.69 Å². The van der Waals surface area contributed by atoms with Crippen molar-refractivity contribution in [2.45, 2.75) is 6.92 Å². The molecule has 0 aliphatic carbocycles. The molecule has 2 rings (SSSR count). The standard InChI is InChI=1S/C12H11FN2/c1-2-12(13)10-4-6-11(7-5-10)15-9-3-8-14-15/h2-9H,1H3/b12-2-. The van der Waals surface area contributed by atoms with E-state index >= 15 is 0 Å². The highest BCUT2D eigenvalue weighted by atomic mass is 19.1. The van der Waals surface area contributed by atoms with Gasteiger partial charge in [0.15, 0.2) is 0 Å². The fourth-order valence-corrected chi connectivity index (χ4v) is 1.36. The van der Waals surface area contributed by atoms with Crippen LogP contribution in [0.25, 0.3) is 11.5 Å². The van der Waals surface area contributed by atoms with Crippen molar-refractivity contribution in [1.82, 2.24) is 9.78 Å². The Kier molecular flexibility index (Phi) is 2.63. The summed E-state index contributed by atoms with van der Waals surface area (Å²) in [5, 5.41) is 4.09. The Morgan fingerprint density at radius 2 is 2.07 bits per heavy atom. The van der Waals surface area contributed by atoms with Gasteiger partial charge in [0.1, 0.15) is 5.83 Å². The summed E-state index contributed by atoms with van der Waals surface area (Å²) in [6, 6.07) is 9.01. The first-order chi connectivity index (χ1) is 7.31. The van der Waals surface area contributed by atoms with Gasteiger partial charge in [-0.1, -0.05) is 6.08 Å². The van der Waals surface area contributed by atoms with Gasteiger partial charge in [-0.05, 0) is 37.3 Å². The molecule has 2 aromatic rings. The third-order valence-corrected chi connectivity index (χ3v) is 2.17. The van der Waals surface area contributed by atoms with Gasteiger partial charge in [0.25, 0.3) is 0 Å². The van der Waals surface area contributed by atoms with Gasteiger partial charge in [-0.25, -0.2) is 9.07 Å². The predicted octanol–water partition coefficient (Wildman–Crippen LogP) is 3.20. The van der Waals surface area contributed by atoms with Crippen LogP contribution >= 0.6 is 0 Å². The van der Waals surface area contributed by atoms with Crippen LogP contribution in [0.1, 0.15) is 12.5 Å². The van der Waals surface area contributed by atoms with Crippen molar-refractivity contribution in [3.63, 3.8) is 0 Å². The van der Waals surface area contributed by atoms with Crippen LogP contribution in [0.4, 0.5) is 4.39 Å². The maximum absolute atomic E-state index is 13.2. The Bertz CT molecular complexity index is 455. The Hall–Kier alpha value is -1.90. The van der Waals surface area contributed by atoms with Crippen molar-refractivity contribution in [1.29, 1.82) is 0 Å². The van der Waals surface area contributed by atoms with E-state index in [1.54, 1.807) is 29.9 Å². The van der Waals surface area contributed by atoms with E-state index in [2.05, 4.69) is 5.10 Å². The minimum absolute atomic E-state index is 0.206. The molecule has 1 aromatic carbocycles. The molecule has 0 spiro atoms. The second kappa shape index (κ2) is 4.09. The Labute approximate surface area is 87.7 Å². The summed E-state index contributed by atoms with van der Waals surface area (Å²) in [6.45, 7) is 1.68. The van der Waals surface area contributed by atoms with Crippen LogP contribution in [0.15, 0.2) is 48.8 Å². The molecule has 0 bridgehead atoms. The molecule has 0 amide bonds. The summed E-state index contributed by atoms with van der Waals surface area (Å²) in [5.74, 6) is -0.206. The Morgan fingerprint density at radius 3 is 2.60 bits per heavy atom. The number of rotatable bonds is 2. The van der Waals surface area contributed by atoms with Gasteiger partial charge in [0.2, 0.25) is 0 Å². The molecule has 3 heteroatoms. The zero-order valence-electron chi connectivity index (χ0n) is 8.39. The molecule has 15 heavy (non-hydrogen) atoms. The molecule has 0 aliphatic heterocycles. The average Bonchev–Trinajstić information content (AvgIpc) is 2.82. The minimum atomic E-state index is -0.206. The monoisotopic (exact) mass is 202 g/mol. The molecule has 0 unspecified atom stereocenters. The van der Waals surface area contributed by atoms with Gasteiger partial charge in [-0.15, -0.1) is 0 Å². The molecule has 2 nitrogen and oxygen atoms in total. The van der Waals surface area contributed by atoms with Crippen LogP contribution in [0.3, 0.4) is 0 Å². The van der Waals surface area contributed by atoms with Crippen LogP contribution in [0.2, 0.25) is 0 Å². The van der Waals surface area contributed by atoms with Crippen molar-refractivity contribution < 1.29 is 4.39 Å². The molecule has 0 aliphatic rings. The molecule has 76 valence electrons. The minimum Gasteiger partial charge on any atom is -0.241 e. The van der Waals surface area contributed by atoms with Gasteiger partial charge in [0, 0.05) is 18.0 Å². The number of benzene rings is 1. The van der Waals surface area contributed by atoms with Gasteiger partial charge in [0.05, 0.1) is 5.69 Å². The second-order valence-electron chi connectivity index (χ2n) is 3.13. The van der Waals surface area contributed by atoms with Crippen LogP contribution in [-0.4, -0.2) is 9.78 Å². The lowest BCUT2D eigenvalue weighted by atomic mass is 10.2. The zero-order chi connectivity index (χ0) is 10.7. The number of hydrogen-bond acceptors (Lipinski definition) is 1. The maximum atomic E-state index is 13.2. The van der Waals surface area contributed by atoms with E-state index in [0.29, 0.717) is 5.56 Å². The van der Waals surface area contributed by atoms with E-state index in [4.69, 9.17) is 0 Å². The second-order valence-corrected chi connectivity index (χ2v) is 3.13. The zero-order valence-corrected chi connectivity index (χ0v) is 8.39. The van der Waals surface area contributed by atoms with E-state index in [9.17, 15) is 4.39 Å². The summed E-state index contributed by atoms with van der Waals surface area (Å²) in [7, 11) is 0. The summed E-state index contributed by atoms with van der Waals surface area (Å²) in [6.07, 6.45) is 5.00. The van der Waals surface area contributed by atoms with Crippen molar-refractivity contribution >= 4 is 5.83 Å². The molecule has 0 atom stereocenters. The van der Waals surface area contributed by atoms with E-state index in [1.165, 1.54) is 6.08 Å². The van der Waals surface area contributed by atoms with E-state index in [-0.39, 0.29) is 5.83 Å². The van der Waals surface area contributed by atoms with E-state index < -0.39 is 0 Å². The van der Waals surface area contributed by atoms with Crippen LogP contribution in [0.5, 0.6) is 0 Å². The molecule has 0 radical (unpaired) electrons. The lowest BCUT2D eigenvalue weighted by molar-refractivity contribution is 0.758.